The fourth-order valence-corrected chi connectivity index (χ4v) is 1.50. The van der Waals surface area contributed by atoms with E-state index in [1.807, 2.05) is 6.07 Å². The molecule has 0 N–H and O–H groups in total. The number of hydrogen-bond acceptors (Lipinski definition) is 2. The summed E-state index contributed by atoms with van der Waals surface area (Å²) in [4.78, 5) is 10.5. The van der Waals surface area contributed by atoms with E-state index in [0.29, 0.717) is 22.4 Å². The molecule has 0 aliphatic rings. The quantitative estimate of drug-likeness (QED) is 0.710. The van der Waals surface area contributed by atoms with Gasteiger partial charge < -0.3 is 0 Å². The third-order valence-electron chi connectivity index (χ3n) is 1.60. The van der Waals surface area contributed by atoms with E-state index in [9.17, 15) is 4.79 Å². The monoisotopic (exact) mass is 213 g/mol. The van der Waals surface area contributed by atoms with Crippen molar-refractivity contribution < 1.29 is 4.79 Å². The number of rotatable bonds is 2. The van der Waals surface area contributed by atoms with Crippen molar-refractivity contribution in [2.45, 2.75) is 6.42 Å². The van der Waals surface area contributed by atoms with Gasteiger partial charge in [0.2, 0.25) is 0 Å². The highest BCUT2D eigenvalue weighted by Crippen LogP contribution is 2.27. The second-order valence-corrected chi connectivity index (χ2v) is 3.17. The molecule has 0 saturated heterocycles. The number of halogens is 2. The predicted molar refractivity (Wildman–Crippen MR) is 51.2 cm³/mol. The molecule has 0 spiro atoms. The van der Waals surface area contributed by atoms with Crippen molar-refractivity contribution in [3.63, 3.8) is 0 Å². The molecule has 0 unspecified atom stereocenters. The number of carbonyl (C=O) groups excluding carboxylic acids is 1. The van der Waals surface area contributed by atoms with Crippen molar-refractivity contribution in [3.8, 4) is 6.07 Å². The molecule has 0 aliphatic heterocycles. The minimum Gasteiger partial charge on any atom is -0.298 e. The molecule has 0 aromatic heterocycles. The third kappa shape index (κ3) is 2.00. The molecular weight excluding hydrogens is 209 g/mol. The second kappa shape index (κ2) is 4.27. The Balaban J connectivity index is 3.31. The first-order chi connectivity index (χ1) is 6.20. The van der Waals surface area contributed by atoms with Crippen molar-refractivity contribution in [1.82, 2.24) is 0 Å². The zero-order valence-corrected chi connectivity index (χ0v) is 8.06. The number of carbonyl (C=O) groups is 1. The number of hydrogen-bond donors (Lipinski definition) is 0. The van der Waals surface area contributed by atoms with Crippen molar-refractivity contribution in [1.29, 1.82) is 5.26 Å². The molecule has 0 amide bonds. The van der Waals surface area contributed by atoms with Crippen LogP contribution in [-0.4, -0.2) is 6.29 Å². The molecule has 0 saturated carbocycles. The molecule has 0 fully saturated rings. The van der Waals surface area contributed by atoms with E-state index < -0.39 is 0 Å². The average Bonchev–Trinajstić information content (AvgIpc) is 2.12. The topological polar surface area (TPSA) is 40.9 Å². The minimum atomic E-state index is 0.110. The number of nitriles is 1. The smallest absolute Gasteiger partial charge is 0.151 e. The number of aldehydes is 1. The molecule has 66 valence electrons. The van der Waals surface area contributed by atoms with Crippen LogP contribution in [0, 0.1) is 11.3 Å². The molecule has 0 atom stereocenters. The summed E-state index contributed by atoms with van der Waals surface area (Å²) in [5, 5.41) is 9.16. The molecule has 13 heavy (non-hydrogen) atoms. The van der Waals surface area contributed by atoms with E-state index in [1.165, 1.54) is 6.07 Å². The van der Waals surface area contributed by atoms with Gasteiger partial charge in [-0.15, -0.1) is 0 Å². The summed E-state index contributed by atoms with van der Waals surface area (Å²) in [7, 11) is 0. The van der Waals surface area contributed by atoms with Crippen LogP contribution < -0.4 is 0 Å². The van der Waals surface area contributed by atoms with Gasteiger partial charge in [0.25, 0.3) is 0 Å². The standard InChI is InChI=1S/C9H5Cl2NO/c10-8-2-1-6(5-13)9(11)7(8)3-4-12/h1-2,5H,3H2. The summed E-state index contributed by atoms with van der Waals surface area (Å²) in [6.45, 7) is 0. The van der Waals surface area contributed by atoms with Gasteiger partial charge in [0.1, 0.15) is 0 Å². The molecule has 0 bridgehead atoms. The Kier molecular flexibility index (Phi) is 3.30. The molecular formula is C9H5Cl2NO. The number of nitrogens with zero attached hydrogens (tertiary/aromatic N) is 1. The van der Waals surface area contributed by atoms with Gasteiger partial charge in [-0.05, 0) is 12.1 Å². The third-order valence-corrected chi connectivity index (χ3v) is 2.40. The molecule has 0 radical (unpaired) electrons. The molecule has 1 aromatic rings. The zero-order chi connectivity index (χ0) is 9.84. The molecule has 1 aromatic carbocycles. The first kappa shape index (κ1) is 10.0. The Bertz CT molecular complexity index is 382. The molecule has 0 heterocycles. The predicted octanol–water partition coefficient (Wildman–Crippen LogP) is 2.87. The van der Waals surface area contributed by atoms with Crippen molar-refractivity contribution >= 4 is 29.5 Å². The lowest BCUT2D eigenvalue weighted by atomic mass is 10.1. The molecule has 1 rings (SSSR count). The Morgan fingerprint density at radius 2 is 2.15 bits per heavy atom. The fourth-order valence-electron chi connectivity index (χ4n) is 0.948. The maximum absolute atomic E-state index is 10.5. The van der Waals surface area contributed by atoms with Gasteiger partial charge in [-0.25, -0.2) is 0 Å². The van der Waals surface area contributed by atoms with Crippen LogP contribution in [0.15, 0.2) is 12.1 Å². The van der Waals surface area contributed by atoms with Crippen LogP contribution in [0.5, 0.6) is 0 Å². The Morgan fingerprint density at radius 3 is 2.69 bits per heavy atom. The number of benzene rings is 1. The molecule has 0 aliphatic carbocycles. The highest BCUT2D eigenvalue weighted by atomic mass is 35.5. The fraction of sp³-hybridized carbons (Fsp3) is 0.111. The van der Waals surface area contributed by atoms with E-state index in [-0.39, 0.29) is 11.4 Å². The average molecular weight is 214 g/mol. The van der Waals surface area contributed by atoms with E-state index in [1.54, 1.807) is 6.07 Å². The normalized spacial score (nSPS) is 9.31. The van der Waals surface area contributed by atoms with Crippen LogP contribution in [0.25, 0.3) is 0 Å². The Labute approximate surface area is 85.7 Å². The van der Waals surface area contributed by atoms with Crippen LogP contribution in [0.1, 0.15) is 15.9 Å². The van der Waals surface area contributed by atoms with E-state index >= 15 is 0 Å². The highest BCUT2D eigenvalue weighted by Gasteiger charge is 2.09. The first-order valence-electron chi connectivity index (χ1n) is 3.49. The van der Waals surface area contributed by atoms with Crippen LogP contribution >= 0.6 is 23.2 Å². The van der Waals surface area contributed by atoms with Gasteiger partial charge in [-0.2, -0.15) is 5.26 Å². The summed E-state index contributed by atoms with van der Waals surface area (Å²) in [6, 6.07) is 5.02. The summed E-state index contributed by atoms with van der Waals surface area (Å²) in [5.74, 6) is 0. The largest absolute Gasteiger partial charge is 0.298 e. The van der Waals surface area contributed by atoms with Crippen LogP contribution in [0.4, 0.5) is 0 Å². The van der Waals surface area contributed by atoms with Crippen LogP contribution in [0.3, 0.4) is 0 Å². The van der Waals surface area contributed by atoms with Gasteiger partial charge in [0, 0.05) is 16.1 Å². The summed E-state index contributed by atoms with van der Waals surface area (Å²) in [6.07, 6.45) is 0.749. The van der Waals surface area contributed by atoms with Crippen molar-refractivity contribution in [2.75, 3.05) is 0 Å². The molecule has 2 nitrogen and oxygen atoms in total. The Hall–Kier alpha value is -1.04. The maximum atomic E-state index is 10.5. The van der Waals surface area contributed by atoms with E-state index in [0.717, 1.165) is 0 Å². The lowest BCUT2D eigenvalue weighted by Gasteiger charge is -2.03. The van der Waals surface area contributed by atoms with Gasteiger partial charge in [0.15, 0.2) is 6.29 Å². The lowest BCUT2D eigenvalue weighted by Crippen LogP contribution is -1.91. The first-order valence-corrected chi connectivity index (χ1v) is 4.25. The maximum Gasteiger partial charge on any atom is 0.151 e. The van der Waals surface area contributed by atoms with Gasteiger partial charge in [-0.1, -0.05) is 23.2 Å². The van der Waals surface area contributed by atoms with Gasteiger partial charge in [-0.3, -0.25) is 4.79 Å². The Morgan fingerprint density at radius 1 is 1.46 bits per heavy atom. The lowest BCUT2D eigenvalue weighted by molar-refractivity contribution is 0.112. The zero-order valence-electron chi connectivity index (χ0n) is 6.55. The van der Waals surface area contributed by atoms with Crippen LogP contribution in [0.2, 0.25) is 10.0 Å². The van der Waals surface area contributed by atoms with Gasteiger partial charge >= 0.3 is 0 Å². The SMILES string of the molecule is N#CCc1c(Cl)ccc(C=O)c1Cl. The van der Waals surface area contributed by atoms with Gasteiger partial charge in [0.05, 0.1) is 17.5 Å². The van der Waals surface area contributed by atoms with Crippen molar-refractivity contribution in [2.24, 2.45) is 0 Å². The van der Waals surface area contributed by atoms with E-state index in [2.05, 4.69) is 0 Å². The minimum absolute atomic E-state index is 0.110. The summed E-state index contributed by atoms with van der Waals surface area (Å²) < 4.78 is 0. The highest BCUT2D eigenvalue weighted by molar-refractivity contribution is 6.37. The van der Waals surface area contributed by atoms with Crippen molar-refractivity contribution in [3.05, 3.63) is 33.3 Å². The summed E-state index contributed by atoms with van der Waals surface area (Å²) >= 11 is 11.6. The van der Waals surface area contributed by atoms with Crippen LogP contribution in [-0.2, 0) is 6.42 Å². The summed E-state index contributed by atoms with van der Waals surface area (Å²) in [5.41, 5.74) is 0.867. The van der Waals surface area contributed by atoms with E-state index in [4.69, 9.17) is 28.5 Å². The second-order valence-electron chi connectivity index (χ2n) is 2.38. The molecule has 4 heteroatoms.